The van der Waals surface area contributed by atoms with E-state index in [0.29, 0.717) is 11.3 Å². The monoisotopic (exact) mass is 475 g/mol. The number of thiophene rings is 1. The lowest BCUT2D eigenvalue weighted by molar-refractivity contribution is 0.0926. The quantitative estimate of drug-likeness (QED) is 0.362. The molecular weight excluding hydrogens is 450 g/mol. The normalized spacial score (nSPS) is 12.0. The summed E-state index contributed by atoms with van der Waals surface area (Å²) in [5.74, 6) is 0.126. The summed E-state index contributed by atoms with van der Waals surface area (Å²) in [5.41, 5.74) is 2.12. The van der Waals surface area contributed by atoms with Gasteiger partial charge in [0, 0.05) is 21.4 Å². The van der Waals surface area contributed by atoms with Gasteiger partial charge in [-0.1, -0.05) is 49.4 Å². The average Bonchev–Trinajstić information content (AvgIpc) is 3.34. The van der Waals surface area contributed by atoms with Crippen LogP contribution < -0.4 is 10.9 Å². The molecule has 2 aromatic carbocycles. The minimum Gasteiger partial charge on any atom is -0.344 e. The van der Waals surface area contributed by atoms with Gasteiger partial charge in [-0.3, -0.25) is 9.59 Å². The van der Waals surface area contributed by atoms with Gasteiger partial charge in [-0.05, 0) is 66.8 Å². The van der Waals surface area contributed by atoms with Crippen molar-refractivity contribution in [3.05, 3.63) is 105 Å². The number of rotatable bonds is 7. The van der Waals surface area contributed by atoms with Crippen LogP contribution in [0.15, 0.2) is 92.9 Å². The highest BCUT2D eigenvalue weighted by molar-refractivity contribution is 7.99. The van der Waals surface area contributed by atoms with Gasteiger partial charge in [-0.15, -0.1) is 11.3 Å². The molecule has 1 amide bonds. The van der Waals surface area contributed by atoms with Gasteiger partial charge in [0.25, 0.3) is 11.5 Å². The number of nitrogens with one attached hydrogen (secondary N) is 1. The van der Waals surface area contributed by atoms with Crippen LogP contribution in [-0.4, -0.2) is 15.7 Å². The molecule has 0 bridgehead atoms. The molecule has 7 heteroatoms. The average molecular weight is 476 g/mol. The minimum absolute atomic E-state index is 0.0445. The first-order valence-corrected chi connectivity index (χ1v) is 12.4. The number of benzene rings is 2. The van der Waals surface area contributed by atoms with Crippen molar-refractivity contribution in [3.63, 3.8) is 0 Å². The van der Waals surface area contributed by atoms with E-state index in [0.717, 1.165) is 14.8 Å². The number of aryl methyl sites for hydroxylation is 1. The van der Waals surface area contributed by atoms with Crippen LogP contribution in [0.4, 0.5) is 0 Å². The molecule has 0 spiro atoms. The zero-order valence-corrected chi connectivity index (χ0v) is 20.3. The van der Waals surface area contributed by atoms with Gasteiger partial charge in [-0.2, -0.15) is 9.78 Å². The van der Waals surface area contributed by atoms with E-state index in [-0.39, 0.29) is 23.4 Å². The molecule has 2 heterocycles. The Balaban J connectivity index is 1.52. The highest BCUT2D eigenvalue weighted by Gasteiger charge is 2.20. The van der Waals surface area contributed by atoms with E-state index in [1.54, 1.807) is 41.7 Å². The summed E-state index contributed by atoms with van der Waals surface area (Å²) in [7, 11) is 0. The topological polar surface area (TPSA) is 64.0 Å². The van der Waals surface area contributed by atoms with Crippen LogP contribution in [0.1, 0.15) is 40.7 Å². The first-order valence-electron chi connectivity index (χ1n) is 10.7. The summed E-state index contributed by atoms with van der Waals surface area (Å²) >= 11 is 3.13. The zero-order valence-electron chi connectivity index (χ0n) is 18.7. The standard InChI is InChI=1S/C26H25N3O2S2/c1-17(2)25(22-5-4-16-32-22)27-26(31)19-8-10-20(11-9-19)29-24(30)15-14-23(28-29)33-21-12-6-18(3)7-13-21/h4-17,25H,1-3H3,(H,27,31)/t25-/m1/s1. The fourth-order valence-corrected chi connectivity index (χ4v) is 5.10. The molecule has 0 aliphatic carbocycles. The number of hydrogen-bond donors (Lipinski definition) is 1. The summed E-state index contributed by atoms with van der Waals surface area (Å²) in [6.07, 6.45) is 0. The largest absolute Gasteiger partial charge is 0.344 e. The van der Waals surface area contributed by atoms with Crippen LogP contribution in [0.5, 0.6) is 0 Å². The third kappa shape index (κ3) is 5.61. The van der Waals surface area contributed by atoms with E-state index in [1.165, 1.54) is 28.1 Å². The van der Waals surface area contributed by atoms with Crippen molar-refractivity contribution in [2.24, 2.45) is 5.92 Å². The summed E-state index contributed by atoms with van der Waals surface area (Å²) in [6, 6.07) is 22.3. The van der Waals surface area contributed by atoms with E-state index in [9.17, 15) is 9.59 Å². The second kappa shape index (κ2) is 10.2. The number of carbonyl (C=O) groups excluding carboxylic acids is 1. The molecule has 33 heavy (non-hydrogen) atoms. The highest BCUT2D eigenvalue weighted by atomic mass is 32.2. The Kier molecular flexibility index (Phi) is 7.11. The summed E-state index contributed by atoms with van der Waals surface area (Å²) in [6.45, 7) is 6.23. The first-order chi connectivity index (χ1) is 15.9. The van der Waals surface area contributed by atoms with Gasteiger partial charge in [0.15, 0.2) is 0 Å². The molecule has 0 aliphatic heterocycles. The molecule has 168 valence electrons. The van der Waals surface area contributed by atoms with Crippen molar-refractivity contribution in [3.8, 4) is 5.69 Å². The van der Waals surface area contributed by atoms with Crippen LogP contribution >= 0.6 is 23.1 Å². The Morgan fingerprint density at radius 2 is 1.73 bits per heavy atom. The van der Waals surface area contributed by atoms with E-state index >= 15 is 0 Å². The van der Waals surface area contributed by atoms with Crippen molar-refractivity contribution >= 4 is 29.0 Å². The van der Waals surface area contributed by atoms with Crippen molar-refractivity contribution < 1.29 is 4.79 Å². The van der Waals surface area contributed by atoms with Crippen LogP contribution in [0, 0.1) is 12.8 Å². The van der Waals surface area contributed by atoms with Gasteiger partial charge in [-0.25, -0.2) is 0 Å². The fourth-order valence-electron chi connectivity index (χ4n) is 3.37. The fraction of sp³-hybridized carbons (Fsp3) is 0.192. The molecule has 1 atom stereocenters. The highest BCUT2D eigenvalue weighted by Crippen LogP contribution is 2.27. The number of hydrogen-bond acceptors (Lipinski definition) is 5. The second-order valence-corrected chi connectivity index (χ2v) is 10.2. The summed E-state index contributed by atoms with van der Waals surface area (Å²) in [4.78, 5) is 27.5. The Labute approximate surface area is 201 Å². The maximum Gasteiger partial charge on any atom is 0.271 e. The van der Waals surface area contributed by atoms with Crippen LogP contribution in [0.3, 0.4) is 0 Å². The molecule has 1 N–H and O–H groups in total. The van der Waals surface area contributed by atoms with E-state index < -0.39 is 0 Å². The molecule has 5 nitrogen and oxygen atoms in total. The van der Waals surface area contributed by atoms with Gasteiger partial charge in [0.05, 0.1) is 11.7 Å². The lowest BCUT2D eigenvalue weighted by Gasteiger charge is -2.21. The Morgan fingerprint density at radius 1 is 1.00 bits per heavy atom. The molecule has 4 rings (SSSR count). The molecule has 0 radical (unpaired) electrons. The predicted octanol–water partition coefficient (Wildman–Crippen LogP) is 5.88. The van der Waals surface area contributed by atoms with Gasteiger partial charge in [0.1, 0.15) is 5.03 Å². The summed E-state index contributed by atoms with van der Waals surface area (Å²) < 4.78 is 1.36. The molecule has 2 aromatic heterocycles. The molecule has 0 fully saturated rings. The van der Waals surface area contributed by atoms with Crippen molar-refractivity contribution in [2.45, 2.75) is 36.7 Å². The first kappa shape index (κ1) is 23.0. The van der Waals surface area contributed by atoms with E-state index in [4.69, 9.17) is 0 Å². The number of amides is 1. The molecular formula is C26H25N3O2S2. The Hall–Kier alpha value is -3.16. The zero-order chi connectivity index (χ0) is 23.4. The molecule has 4 aromatic rings. The van der Waals surface area contributed by atoms with Crippen molar-refractivity contribution in [2.75, 3.05) is 0 Å². The number of carbonyl (C=O) groups is 1. The van der Waals surface area contributed by atoms with E-state index in [1.807, 2.05) is 48.7 Å². The number of aromatic nitrogens is 2. The van der Waals surface area contributed by atoms with Crippen LogP contribution in [-0.2, 0) is 0 Å². The Morgan fingerprint density at radius 3 is 2.36 bits per heavy atom. The molecule has 0 saturated heterocycles. The number of nitrogens with zero attached hydrogens (tertiary/aromatic N) is 2. The molecule has 0 unspecified atom stereocenters. The maximum atomic E-state index is 12.9. The van der Waals surface area contributed by atoms with Crippen LogP contribution in [0.2, 0.25) is 0 Å². The Bertz CT molecular complexity index is 1280. The third-order valence-electron chi connectivity index (χ3n) is 5.20. The van der Waals surface area contributed by atoms with Gasteiger partial charge in [0.2, 0.25) is 0 Å². The van der Waals surface area contributed by atoms with Crippen molar-refractivity contribution in [1.82, 2.24) is 15.1 Å². The van der Waals surface area contributed by atoms with Crippen LogP contribution in [0.25, 0.3) is 5.69 Å². The lowest BCUT2D eigenvalue weighted by Crippen LogP contribution is -2.31. The van der Waals surface area contributed by atoms with Gasteiger partial charge >= 0.3 is 0 Å². The summed E-state index contributed by atoms with van der Waals surface area (Å²) in [5, 5.41) is 10.4. The van der Waals surface area contributed by atoms with E-state index in [2.05, 4.69) is 24.3 Å². The van der Waals surface area contributed by atoms with Crippen molar-refractivity contribution in [1.29, 1.82) is 0 Å². The molecule has 0 aliphatic rings. The minimum atomic E-state index is -0.224. The third-order valence-corrected chi connectivity index (χ3v) is 7.09. The predicted molar refractivity (Wildman–Crippen MR) is 135 cm³/mol. The SMILES string of the molecule is Cc1ccc(Sc2ccc(=O)n(-c3ccc(C(=O)N[C@@H](c4cccs4)C(C)C)cc3)n2)cc1. The lowest BCUT2D eigenvalue weighted by atomic mass is 10.0. The van der Waals surface area contributed by atoms with Gasteiger partial charge < -0.3 is 5.32 Å². The second-order valence-electron chi connectivity index (χ2n) is 8.09. The smallest absolute Gasteiger partial charge is 0.271 e. The maximum absolute atomic E-state index is 12.9. The molecule has 0 saturated carbocycles.